The number of Topliss-reactive ketones (excluding diaryl/α,β-unsaturated/α-hetero) is 1. The summed E-state index contributed by atoms with van der Waals surface area (Å²) in [7, 11) is 0. The summed E-state index contributed by atoms with van der Waals surface area (Å²) in [6, 6.07) is 13.7. The summed E-state index contributed by atoms with van der Waals surface area (Å²) in [5, 5.41) is 2.84. The topological polar surface area (TPSA) is 75.7 Å². The van der Waals surface area contributed by atoms with E-state index >= 15 is 0 Å². The third kappa shape index (κ3) is 7.44. The maximum Gasteiger partial charge on any atom is 0.410 e. The van der Waals surface area contributed by atoms with Gasteiger partial charge in [0.25, 0.3) is 0 Å². The Bertz CT molecular complexity index is 1040. The van der Waals surface area contributed by atoms with Crippen molar-refractivity contribution in [2.45, 2.75) is 71.8 Å². The molecule has 0 saturated heterocycles. The van der Waals surface area contributed by atoms with Crippen LogP contribution in [0.25, 0.3) is 0 Å². The number of nitrogens with zero attached hydrogens (tertiary/aromatic N) is 1. The number of hydrogen-bond acceptors (Lipinski definition) is 4. The zero-order valence-electron chi connectivity index (χ0n) is 20.8. The molecule has 1 heterocycles. The van der Waals surface area contributed by atoms with Gasteiger partial charge in [0, 0.05) is 37.2 Å². The number of benzene rings is 2. The van der Waals surface area contributed by atoms with Crippen LogP contribution < -0.4 is 5.32 Å². The summed E-state index contributed by atoms with van der Waals surface area (Å²) in [5.74, 6) is 0.104. The second-order valence-electron chi connectivity index (χ2n) is 9.94. The predicted molar refractivity (Wildman–Crippen MR) is 134 cm³/mol. The van der Waals surface area contributed by atoms with E-state index in [2.05, 4.69) is 24.4 Å². The molecule has 0 unspecified atom stereocenters. The Hall–Kier alpha value is -3.15. The quantitative estimate of drug-likeness (QED) is 0.381. The summed E-state index contributed by atoms with van der Waals surface area (Å²) in [6.07, 6.45) is 3.39. The van der Waals surface area contributed by atoms with E-state index in [9.17, 15) is 14.4 Å². The second kappa shape index (κ2) is 11.3. The summed E-state index contributed by atoms with van der Waals surface area (Å²) in [5.41, 5.74) is 4.36. The van der Waals surface area contributed by atoms with E-state index in [4.69, 9.17) is 4.74 Å². The Morgan fingerprint density at radius 1 is 1.03 bits per heavy atom. The average molecular weight is 465 g/mol. The predicted octanol–water partition coefficient (Wildman–Crippen LogP) is 5.71. The lowest BCUT2D eigenvalue weighted by molar-refractivity contribution is -0.116. The summed E-state index contributed by atoms with van der Waals surface area (Å²) in [4.78, 5) is 38.8. The lowest BCUT2D eigenvalue weighted by Gasteiger charge is -2.27. The number of nitrogens with one attached hydrogen (secondary N) is 1. The van der Waals surface area contributed by atoms with Crippen LogP contribution in [0.3, 0.4) is 0 Å². The van der Waals surface area contributed by atoms with Crippen LogP contribution in [-0.2, 0) is 22.4 Å². The fourth-order valence-electron chi connectivity index (χ4n) is 4.06. The molecule has 182 valence electrons. The molecule has 1 N–H and O–H groups in total. The number of carbonyl (C=O) groups excluding carboxylic acids is 3. The number of fused-ring (bicyclic) bond motifs is 1. The van der Waals surface area contributed by atoms with Gasteiger partial charge in [-0.2, -0.15) is 0 Å². The van der Waals surface area contributed by atoms with E-state index in [0.717, 1.165) is 24.1 Å². The first-order valence-corrected chi connectivity index (χ1v) is 12.1. The smallest absolute Gasteiger partial charge is 0.410 e. The van der Waals surface area contributed by atoms with Gasteiger partial charge >= 0.3 is 6.09 Å². The zero-order chi connectivity index (χ0) is 24.7. The molecule has 0 fully saturated rings. The zero-order valence-corrected chi connectivity index (χ0v) is 20.8. The molecule has 0 bridgehead atoms. The minimum Gasteiger partial charge on any atom is -0.444 e. The Morgan fingerprint density at radius 2 is 1.79 bits per heavy atom. The fraction of sp³-hybridized carbons (Fsp3) is 0.464. The van der Waals surface area contributed by atoms with Crippen molar-refractivity contribution in [2.24, 2.45) is 0 Å². The molecule has 2 amide bonds. The van der Waals surface area contributed by atoms with Crippen molar-refractivity contribution >= 4 is 23.5 Å². The van der Waals surface area contributed by atoms with E-state index in [1.165, 1.54) is 11.1 Å². The van der Waals surface area contributed by atoms with Gasteiger partial charge < -0.3 is 15.0 Å². The highest BCUT2D eigenvalue weighted by molar-refractivity contribution is 5.98. The number of amides is 2. The van der Waals surface area contributed by atoms with Crippen LogP contribution in [0.1, 0.15) is 73.5 Å². The number of carbonyl (C=O) groups is 3. The lowest BCUT2D eigenvalue weighted by Crippen LogP contribution is -2.38. The van der Waals surface area contributed by atoms with Crippen LogP contribution in [0.2, 0.25) is 0 Å². The number of unbranched alkanes of at least 4 members (excludes halogenated alkanes) is 1. The van der Waals surface area contributed by atoms with Crippen LogP contribution >= 0.6 is 0 Å². The molecule has 6 heteroatoms. The SMILES string of the molecule is Cc1ccccc1CCN(CCCCC(=O)c1ccc2c(c1)CCC(=O)N2)C(=O)OC(C)(C)C. The van der Waals surface area contributed by atoms with Crippen molar-refractivity contribution in [3.63, 3.8) is 0 Å². The van der Waals surface area contributed by atoms with Crippen molar-refractivity contribution in [3.05, 3.63) is 64.7 Å². The van der Waals surface area contributed by atoms with Gasteiger partial charge in [-0.3, -0.25) is 9.59 Å². The van der Waals surface area contributed by atoms with Gasteiger partial charge in [-0.15, -0.1) is 0 Å². The van der Waals surface area contributed by atoms with Crippen LogP contribution in [-0.4, -0.2) is 41.4 Å². The summed E-state index contributed by atoms with van der Waals surface area (Å²) in [6.45, 7) is 8.80. The Balaban J connectivity index is 1.53. The normalized spacial score (nSPS) is 13.1. The molecule has 2 aromatic rings. The van der Waals surface area contributed by atoms with Crippen LogP contribution in [0, 0.1) is 6.92 Å². The number of anilines is 1. The Labute approximate surface area is 202 Å². The number of ether oxygens (including phenoxy) is 1. The minimum atomic E-state index is -0.556. The highest BCUT2D eigenvalue weighted by atomic mass is 16.6. The number of hydrogen-bond donors (Lipinski definition) is 1. The molecule has 0 saturated carbocycles. The van der Waals surface area contributed by atoms with Gasteiger partial charge in [0.15, 0.2) is 5.78 Å². The van der Waals surface area contributed by atoms with Gasteiger partial charge in [0.1, 0.15) is 5.60 Å². The molecule has 34 heavy (non-hydrogen) atoms. The van der Waals surface area contributed by atoms with Crippen molar-refractivity contribution in [2.75, 3.05) is 18.4 Å². The van der Waals surface area contributed by atoms with Gasteiger partial charge in [0.05, 0.1) is 0 Å². The summed E-state index contributed by atoms with van der Waals surface area (Å²) >= 11 is 0. The standard InChI is InChI=1S/C28H36N2O4/c1-20-9-5-6-10-21(20)16-18-30(27(33)34-28(2,3)4)17-8-7-11-25(31)23-12-14-24-22(19-23)13-15-26(32)29-24/h5-6,9-10,12,14,19H,7-8,11,13,15-18H2,1-4H3,(H,29,32). The second-order valence-corrected chi connectivity index (χ2v) is 9.94. The van der Waals surface area contributed by atoms with Crippen molar-refractivity contribution in [1.82, 2.24) is 4.90 Å². The van der Waals surface area contributed by atoms with Crippen molar-refractivity contribution in [3.8, 4) is 0 Å². The molecule has 0 spiro atoms. The highest BCUT2D eigenvalue weighted by Gasteiger charge is 2.22. The monoisotopic (exact) mass is 464 g/mol. The molecule has 0 aliphatic carbocycles. The summed E-state index contributed by atoms with van der Waals surface area (Å²) < 4.78 is 5.62. The third-order valence-corrected chi connectivity index (χ3v) is 5.97. The first-order valence-electron chi connectivity index (χ1n) is 12.1. The van der Waals surface area contributed by atoms with Gasteiger partial charge in [-0.25, -0.2) is 4.79 Å². The first-order chi connectivity index (χ1) is 16.1. The number of aryl methyl sites for hydroxylation is 2. The molecule has 0 radical (unpaired) electrons. The van der Waals surface area contributed by atoms with Crippen molar-refractivity contribution in [1.29, 1.82) is 0 Å². The maximum absolute atomic E-state index is 12.8. The maximum atomic E-state index is 12.8. The van der Waals surface area contributed by atoms with E-state index in [1.807, 2.05) is 45.0 Å². The van der Waals surface area contributed by atoms with Crippen molar-refractivity contribution < 1.29 is 19.1 Å². The van der Waals surface area contributed by atoms with E-state index in [0.29, 0.717) is 44.3 Å². The number of rotatable bonds is 9. The van der Waals surface area contributed by atoms with E-state index in [1.54, 1.807) is 11.0 Å². The average Bonchev–Trinajstić information content (AvgIpc) is 2.77. The Morgan fingerprint density at radius 3 is 2.53 bits per heavy atom. The number of ketones is 1. The third-order valence-electron chi connectivity index (χ3n) is 5.97. The van der Waals surface area contributed by atoms with Crippen LogP contribution in [0.4, 0.5) is 10.5 Å². The molecule has 0 atom stereocenters. The van der Waals surface area contributed by atoms with Crippen LogP contribution in [0.15, 0.2) is 42.5 Å². The molecule has 1 aliphatic rings. The molecular weight excluding hydrogens is 428 g/mol. The van der Waals surface area contributed by atoms with Crippen LogP contribution in [0.5, 0.6) is 0 Å². The lowest BCUT2D eigenvalue weighted by atomic mass is 9.97. The highest BCUT2D eigenvalue weighted by Crippen LogP contribution is 2.24. The molecule has 6 nitrogen and oxygen atoms in total. The first kappa shape index (κ1) is 25.5. The molecular formula is C28H36N2O4. The van der Waals surface area contributed by atoms with Gasteiger partial charge in [-0.1, -0.05) is 24.3 Å². The molecule has 2 aromatic carbocycles. The van der Waals surface area contributed by atoms with Gasteiger partial charge in [0.2, 0.25) is 5.91 Å². The van der Waals surface area contributed by atoms with E-state index < -0.39 is 5.60 Å². The largest absolute Gasteiger partial charge is 0.444 e. The molecule has 0 aromatic heterocycles. The molecule has 3 rings (SSSR count). The fourth-order valence-corrected chi connectivity index (χ4v) is 4.06. The van der Waals surface area contributed by atoms with E-state index in [-0.39, 0.29) is 17.8 Å². The molecule has 1 aliphatic heterocycles. The minimum absolute atomic E-state index is 0.0172. The Kier molecular flexibility index (Phi) is 8.48. The van der Waals surface area contributed by atoms with Gasteiger partial charge in [-0.05, 0) is 88.3 Å².